The van der Waals surface area contributed by atoms with Gasteiger partial charge in [-0.15, -0.1) is 0 Å². The second-order valence-electron chi connectivity index (χ2n) is 6.84. The molecule has 1 spiro atoms. The van der Waals surface area contributed by atoms with Crippen molar-refractivity contribution < 1.29 is 23.5 Å². The standard InChI is InChI=1S/C17H22N4O5/c1-23-15-6-14(26-19-15)16(22)21-4-5-24-11-17(10-21)7-13(9-25-17)8-20-3-2-18-12-20/h2-3,6,12-13H,4-5,7-11H2,1H3. The van der Waals surface area contributed by atoms with E-state index < -0.39 is 5.60 Å². The van der Waals surface area contributed by atoms with Gasteiger partial charge in [0, 0.05) is 31.4 Å². The van der Waals surface area contributed by atoms with Crippen LogP contribution in [0.15, 0.2) is 29.3 Å². The third-order valence-electron chi connectivity index (χ3n) is 4.86. The maximum atomic E-state index is 12.8. The van der Waals surface area contributed by atoms with E-state index in [1.54, 1.807) is 11.1 Å². The zero-order valence-corrected chi connectivity index (χ0v) is 14.7. The smallest absolute Gasteiger partial charge is 0.292 e. The highest BCUT2D eigenvalue weighted by atomic mass is 16.6. The van der Waals surface area contributed by atoms with Crippen LogP contribution in [0, 0.1) is 5.92 Å². The number of imidazole rings is 1. The molecule has 4 rings (SSSR count). The van der Waals surface area contributed by atoms with E-state index in [1.807, 2.05) is 17.1 Å². The second-order valence-corrected chi connectivity index (χ2v) is 6.84. The summed E-state index contributed by atoms with van der Waals surface area (Å²) in [5, 5.41) is 3.70. The SMILES string of the molecule is COc1cc(C(=O)N2CCOCC3(CC(Cn4ccnc4)CO3)C2)on1. The molecule has 9 heteroatoms. The lowest BCUT2D eigenvalue weighted by molar-refractivity contribution is -0.0540. The highest BCUT2D eigenvalue weighted by molar-refractivity contribution is 5.91. The predicted molar refractivity (Wildman–Crippen MR) is 88.8 cm³/mol. The summed E-state index contributed by atoms with van der Waals surface area (Å²) in [6, 6.07) is 1.50. The Hall–Kier alpha value is -2.39. The quantitative estimate of drug-likeness (QED) is 0.795. The summed E-state index contributed by atoms with van der Waals surface area (Å²) < 4.78 is 24.0. The molecule has 2 saturated heterocycles. The van der Waals surface area contributed by atoms with E-state index in [9.17, 15) is 4.79 Å². The first-order valence-electron chi connectivity index (χ1n) is 8.65. The molecule has 9 nitrogen and oxygen atoms in total. The molecule has 2 fully saturated rings. The zero-order valence-electron chi connectivity index (χ0n) is 14.7. The minimum atomic E-state index is -0.485. The topological polar surface area (TPSA) is 91.8 Å². The van der Waals surface area contributed by atoms with Gasteiger partial charge in [0.2, 0.25) is 5.76 Å². The van der Waals surface area contributed by atoms with Crippen LogP contribution in [0.5, 0.6) is 5.88 Å². The Morgan fingerprint density at radius 2 is 2.42 bits per heavy atom. The number of methoxy groups -OCH3 is 1. The first-order valence-corrected chi connectivity index (χ1v) is 8.65. The van der Waals surface area contributed by atoms with Crippen LogP contribution in [-0.2, 0) is 16.0 Å². The van der Waals surface area contributed by atoms with Gasteiger partial charge in [0.1, 0.15) is 5.60 Å². The monoisotopic (exact) mass is 362 g/mol. The van der Waals surface area contributed by atoms with Crippen molar-refractivity contribution in [1.82, 2.24) is 19.6 Å². The molecule has 0 bridgehead atoms. The van der Waals surface area contributed by atoms with Crippen LogP contribution < -0.4 is 4.74 Å². The fraction of sp³-hybridized carbons (Fsp3) is 0.588. The molecule has 0 N–H and O–H groups in total. The molecule has 1 amide bonds. The number of carbonyl (C=O) groups excluding carboxylic acids is 1. The van der Waals surface area contributed by atoms with Crippen LogP contribution in [0.3, 0.4) is 0 Å². The van der Waals surface area contributed by atoms with Gasteiger partial charge in [-0.25, -0.2) is 4.98 Å². The van der Waals surface area contributed by atoms with Crippen LogP contribution in [0.4, 0.5) is 0 Å². The molecule has 0 aromatic carbocycles. The maximum absolute atomic E-state index is 12.8. The van der Waals surface area contributed by atoms with Crippen LogP contribution in [0.25, 0.3) is 0 Å². The van der Waals surface area contributed by atoms with E-state index >= 15 is 0 Å². The third-order valence-corrected chi connectivity index (χ3v) is 4.86. The molecule has 2 atom stereocenters. The van der Waals surface area contributed by atoms with Crippen LogP contribution in [0.1, 0.15) is 17.0 Å². The number of amides is 1. The van der Waals surface area contributed by atoms with E-state index in [0.717, 1.165) is 13.0 Å². The average molecular weight is 362 g/mol. The molecule has 4 heterocycles. The van der Waals surface area contributed by atoms with Crippen LogP contribution in [-0.4, -0.2) is 71.1 Å². The first kappa shape index (κ1) is 17.0. The lowest BCUT2D eigenvalue weighted by Crippen LogP contribution is -2.46. The summed E-state index contributed by atoms with van der Waals surface area (Å²) in [6.07, 6.45) is 6.35. The highest BCUT2D eigenvalue weighted by Gasteiger charge is 2.44. The maximum Gasteiger partial charge on any atom is 0.292 e. The van der Waals surface area contributed by atoms with Crippen molar-refractivity contribution in [3.05, 3.63) is 30.5 Å². The summed E-state index contributed by atoms with van der Waals surface area (Å²) in [7, 11) is 1.48. The first-order chi connectivity index (χ1) is 12.7. The summed E-state index contributed by atoms with van der Waals surface area (Å²) in [5.41, 5.74) is -0.485. The minimum Gasteiger partial charge on any atom is -0.479 e. The van der Waals surface area contributed by atoms with Gasteiger partial charge in [-0.3, -0.25) is 4.79 Å². The number of hydrogen-bond donors (Lipinski definition) is 0. The van der Waals surface area contributed by atoms with E-state index in [-0.39, 0.29) is 17.5 Å². The Balaban J connectivity index is 1.44. The summed E-state index contributed by atoms with van der Waals surface area (Å²) in [6.45, 7) is 3.38. The number of rotatable bonds is 4. The molecule has 2 aliphatic rings. The lowest BCUT2D eigenvalue weighted by Gasteiger charge is -2.30. The largest absolute Gasteiger partial charge is 0.479 e. The van der Waals surface area contributed by atoms with Gasteiger partial charge in [-0.05, 0) is 11.6 Å². The van der Waals surface area contributed by atoms with Crippen molar-refractivity contribution in [3.63, 3.8) is 0 Å². The molecule has 0 radical (unpaired) electrons. The lowest BCUT2D eigenvalue weighted by atomic mass is 9.94. The van der Waals surface area contributed by atoms with Crippen molar-refractivity contribution in [2.24, 2.45) is 5.92 Å². The van der Waals surface area contributed by atoms with Gasteiger partial charge >= 0.3 is 0 Å². The van der Waals surface area contributed by atoms with Gasteiger partial charge in [-0.1, -0.05) is 0 Å². The molecular weight excluding hydrogens is 340 g/mol. The van der Waals surface area contributed by atoms with Gasteiger partial charge in [-0.2, -0.15) is 0 Å². The number of aromatic nitrogens is 3. The van der Waals surface area contributed by atoms with Crippen molar-refractivity contribution >= 4 is 5.91 Å². The van der Waals surface area contributed by atoms with Gasteiger partial charge < -0.3 is 28.2 Å². The summed E-state index contributed by atoms with van der Waals surface area (Å²) in [4.78, 5) is 18.6. The Kier molecular flexibility index (Phi) is 4.64. The van der Waals surface area contributed by atoms with Gasteiger partial charge in [0.25, 0.3) is 11.8 Å². The molecule has 2 aromatic heterocycles. The van der Waals surface area contributed by atoms with Crippen molar-refractivity contribution in [1.29, 1.82) is 0 Å². The number of hydrogen-bond acceptors (Lipinski definition) is 7. The van der Waals surface area contributed by atoms with Gasteiger partial charge in [0.15, 0.2) is 0 Å². The average Bonchev–Trinajstić information content (AvgIpc) is 3.36. The Labute approximate surface area is 150 Å². The highest BCUT2D eigenvalue weighted by Crippen LogP contribution is 2.34. The van der Waals surface area contributed by atoms with E-state index in [0.29, 0.717) is 38.8 Å². The Morgan fingerprint density at radius 1 is 1.50 bits per heavy atom. The molecular formula is C17H22N4O5. The van der Waals surface area contributed by atoms with Gasteiger partial charge in [0.05, 0.1) is 45.9 Å². The fourth-order valence-corrected chi connectivity index (χ4v) is 3.65. The number of carbonyl (C=O) groups is 1. The molecule has 0 aliphatic carbocycles. The van der Waals surface area contributed by atoms with Crippen LogP contribution >= 0.6 is 0 Å². The van der Waals surface area contributed by atoms with Crippen molar-refractivity contribution in [3.8, 4) is 5.88 Å². The number of nitrogens with zero attached hydrogens (tertiary/aromatic N) is 4. The molecule has 26 heavy (non-hydrogen) atoms. The van der Waals surface area contributed by atoms with E-state index in [1.165, 1.54) is 13.2 Å². The van der Waals surface area contributed by atoms with Crippen molar-refractivity contribution in [2.75, 3.05) is 40.0 Å². The summed E-state index contributed by atoms with van der Waals surface area (Å²) >= 11 is 0. The zero-order chi connectivity index (χ0) is 18.0. The molecule has 2 aliphatic heterocycles. The second kappa shape index (κ2) is 7.08. The predicted octanol–water partition coefficient (Wildman–Crippen LogP) is 0.828. The number of ether oxygens (including phenoxy) is 3. The molecule has 2 aromatic rings. The van der Waals surface area contributed by atoms with Crippen LogP contribution in [0.2, 0.25) is 0 Å². The Bertz CT molecular complexity index is 746. The molecule has 2 unspecified atom stereocenters. The van der Waals surface area contributed by atoms with Crippen molar-refractivity contribution in [2.45, 2.75) is 18.6 Å². The molecule has 0 saturated carbocycles. The third kappa shape index (κ3) is 3.45. The summed E-state index contributed by atoms with van der Waals surface area (Å²) in [5.74, 6) is 0.569. The fourth-order valence-electron chi connectivity index (χ4n) is 3.65. The molecule has 140 valence electrons. The Morgan fingerprint density at radius 3 is 3.19 bits per heavy atom. The minimum absolute atomic E-state index is 0.159. The normalized spacial score (nSPS) is 26.2. The van der Waals surface area contributed by atoms with E-state index in [4.69, 9.17) is 18.7 Å². The van der Waals surface area contributed by atoms with E-state index in [2.05, 4.69) is 10.1 Å².